The largest absolute Gasteiger partial charge is 0.469 e. The number of hydrogen-bond donors (Lipinski definition) is 0. The summed E-state index contributed by atoms with van der Waals surface area (Å²) in [6, 6.07) is 4.17. The van der Waals surface area contributed by atoms with Gasteiger partial charge in [0, 0.05) is 11.1 Å². The van der Waals surface area contributed by atoms with E-state index in [0.29, 0.717) is 28.2 Å². The maximum absolute atomic E-state index is 13.6. The van der Waals surface area contributed by atoms with Crippen molar-refractivity contribution in [1.82, 2.24) is 0 Å². The van der Waals surface area contributed by atoms with E-state index in [4.69, 9.17) is 18.6 Å². The van der Waals surface area contributed by atoms with Crippen molar-refractivity contribution >= 4 is 5.97 Å². The maximum atomic E-state index is 13.6. The number of carbonyl (C=O) groups is 1. The van der Waals surface area contributed by atoms with Crippen LogP contribution in [-0.4, -0.2) is 12.8 Å². The summed E-state index contributed by atoms with van der Waals surface area (Å²) in [5.41, 5.74) is 1.43. The molecule has 0 saturated heterocycles. The highest BCUT2D eigenvalue weighted by molar-refractivity contribution is 5.90. The quantitative estimate of drug-likeness (QED) is 0.814. The van der Waals surface area contributed by atoms with E-state index in [9.17, 15) is 9.18 Å². The van der Waals surface area contributed by atoms with Crippen molar-refractivity contribution in [3.8, 4) is 5.75 Å². The molecule has 1 aliphatic heterocycles. The first-order valence-corrected chi connectivity index (χ1v) is 6.38. The minimum Gasteiger partial charge on any atom is -0.469 e. The number of carbonyl (C=O) groups excluding carboxylic acids is 1. The molecule has 110 valence electrons. The maximum Gasteiger partial charge on any atom is 0.342 e. The van der Waals surface area contributed by atoms with Gasteiger partial charge in [0.1, 0.15) is 29.5 Å². The third kappa shape index (κ3) is 2.75. The molecule has 0 atom stereocenters. The summed E-state index contributed by atoms with van der Waals surface area (Å²) in [5.74, 6) is 0.0463. The van der Waals surface area contributed by atoms with Gasteiger partial charge in [0.2, 0.25) is 0 Å². The fourth-order valence-corrected chi connectivity index (χ4v) is 2.18. The van der Waals surface area contributed by atoms with Gasteiger partial charge in [-0.25, -0.2) is 9.18 Å². The number of halogens is 1. The van der Waals surface area contributed by atoms with Crippen LogP contribution >= 0.6 is 0 Å². The lowest BCUT2D eigenvalue weighted by atomic mass is 10.1. The molecular weight excluding hydrogens is 279 g/mol. The van der Waals surface area contributed by atoms with Gasteiger partial charge in [-0.05, 0) is 25.1 Å². The van der Waals surface area contributed by atoms with Crippen LogP contribution in [0.2, 0.25) is 0 Å². The van der Waals surface area contributed by atoms with E-state index in [1.54, 1.807) is 6.92 Å². The fourth-order valence-electron chi connectivity index (χ4n) is 2.18. The average Bonchev–Trinajstić information content (AvgIpc) is 2.90. The second kappa shape index (κ2) is 5.57. The lowest BCUT2D eigenvalue weighted by molar-refractivity contribution is -0.0182. The molecule has 0 unspecified atom stereocenters. The van der Waals surface area contributed by atoms with Crippen LogP contribution in [0.1, 0.15) is 27.2 Å². The van der Waals surface area contributed by atoms with Crippen molar-refractivity contribution < 1.29 is 27.8 Å². The van der Waals surface area contributed by atoms with Gasteiger partial charge in [0.25, 0.3) is 0 Å². The number of benzene rings is 1. The van der Waals surface area contributed by atoms with Crippen molar-refractivity contribution in [3.05, 3.63) is 52.7 Å². The summed E-state index contributed by atoms with van der Waals surface area (Å²) >= 11 is 0. The molecule has 0 radical (unpaired) electrons. The molecule has 0 bridgehead atoms. The van der Waals surface area contributed by atoms with Crippen molar-refractivity contribution in [3.63, 3.8) is 0 Å². The topological polar surface area (TPSA) is 57.9 Å². The van der Waals surface area contributed by atoms with Crippen molar-refractivity contribution in [1.29, 1.82) is 0 Å². The Morgan fingerprint density at radius 1 is 1.43 bits per heavy atom. The van der Waals surface area contributed by atoms with Gasteiger partial charge in [-0.1, -0.05) is 0 Å². The number of fused-ring (bicyclic) bond motifs is 1. The zero-order valence-corrected chi connectivity index (χ0v) is 11.3. The Balaban J connectivity index is 1.78. The van der Waals surface area contributed by atoms with Crippen molar-refractivity contribution in [2.75, 3.05) is 6.79 Å². The molecule has 6 heteroatoms. The zero-order chi connectivity index (χ0) is 14.8. The Bertz CT molecular complexity index is 677. The highest BCUT2D eigenvalue weighted by Crippen LogP contribution is 2.30. The third-order valence-corrected chi connectivity index (χ3v) is 3.19. The van der Waals surface area contributed by atoms with E-state index in [2.05, 4.69) is 0 Å². The first-order valence-electron chi connectivity index (χ1n) is 6.38. The fraction of sp³-hybridized carbons (Fsp3) is 0.267. The minimum atomic E-state index is -0.522. The second-order valence-corrected chi connectivity index (χ2v) is 4.63. The number of furan rings is 1. The molecule has 2 heterocycles. The SMILES string of the molecule is Cc1occc1C(=O)OCc1cc(F)cc2c1OCOC2. The van der Waals surface area contributed by atoms with Gasteiger partial charge >= 0.3 is 5.97 Å². The van der Waals surface area contributed by atoms with Gasteiger partial charge in [0.05, 0.1) is 12.9 Å². The number of aryl methyl sites for hydroxylation is 1. The van der Waals surface area contributed by atoms with E-state index in [1.165, 1.54) is 24.5 Å². The molecule has 21 heavy (non-hydrogen) atoms. The molecule has 0 fully saturated rings. The van der Waals surface area contributed by atoms with Gasteiger partial charge in [-0.2, -0.15) is 0 Å². The zero-order valence-electron chi connectivity index (χ0n) is 11.3. The smallest absolute Gasteiger partial charge is 0.342 e. The highest BCUT2D eigenvalue weighted by Gasteiger charge is 2.19. The van der Waals surface area contributed by atoms with Crippen LogP contribution in [-0.2, 0) is 22.7 Å². The molecule has 2 aromatic rings. The lowest BCUT2D eigenvalue weighted by Crippen LogP contribution is -2.15. The number of hydrogen-bond acceptors (Lipinski definition) is 5. The summed E-state index contributed by atoms with van der Waals surface area (Å²) in [7, 11) is 0. The first kappa shape index (κ1) is 13.6. The normalized spacial score (nSPS) is 13.4. The Hall–Kier alpha value is -2.34. The van der Waals surface area contributed by atoms with E-state index in [-0.39, 0.29) is 20.0 Å². The molecule has 0 amide bonds. The molecule has 1 aliphatic rings. The molecule has 0 N–H and O–H groups in total. The summed E-state index contributed by atoms with van der Waals surface area (Å²) in [4.78, 5) is 11.9. The predicted molar refractivity (Wildman–Crippen MR) is 69.2 cm³/mol. The second-order valence-electron chi connectivity index (χ2n) is 4.63. The Kier molecular flexibility index (Phi) is 3.62. The molecular formula is C15H13FO5. The van der Waals surface area contributed by atoms with Crippen LogP contribution in [0.5, 0.6) is 5.75 Å². The average molecular weight is 292 g/mol. The molecule has 5 nitrogen and oxygen atoms in total. The monoisotopic (exact) mass is 292 g/mol. The number of rotatable bonds is 3. The van der Waals surface area contributed by atoms with E-state index in [0.717, 1.165) is 0 Å². The van der Waals surface area contributed by atoms with Crippen molar-refractivity contribution in [2.24, 2.45) is 0 Å². The van der Waals surface area contributed by atoms with Crippen LogP contribution in [0.25, 0.3) is 0 Å². The van der Waals surface area contributed by atoms with Crippen molar-refractivity contribution in [2.45, 2.75) is 20.1 Å². The molecule has 0 saturated carbocycles. The number of esters is 1. The van der Waals surface area contributed by atoms with Crippen LogP contribution < -0.4 is 4.74 Å². The first-order chi connectivity index (χ1) is 10.1. The van der Waals surface area contributed by atoms with Crippen LogP contribution in [0.4, 0.5) is 4.39 Å². The standard InChI is InChI=1S/C15H13FO5/c1-9-13(2-3-19-9)15(17)20-7-11-5-12(16)4-10-6-18-8-21-14(10)11/h2-5H,6-8H2,1H3. The lowest BCUT2D eigenvalue weighted by Gasteiger charge is -2.20. The summed E-state index contributed by atoms with van der Waals surface area (Å²) in [5, 5.41) is 0. The Labute approximate surface area is 120 Å². The predicted octanol–water partition coefficient (Wildman–Crippen LogP) is 2.95. The van der Waals surface area contributed by atoms with Gasteiger partial charge in [0.15, 0.2) is 6.79 Å². The molecule has 1 aromatic heterocycles. The molecule has 1 aromatic carbocycles. The highest BCUT2D eigenvalue weighted by atomic mass is 19.1. The van der Waals surface area contributed by atoms with Gasteiger partial charge in [-0.15, -0.1) is 0 Å². The van der Waals surface area contributed by atoms with Crippen LogP contribution in [0.3, 0.4) is 0 Å². The summed E-state index contributed by atoms with van der Waals surface area (Å²) < 4.78 is 34.2. The molecule has 0 spiro atoms. The van der Waals surface area contributed by atoms with E-state index < -0.39 is 11.8 Å². The third-order valence-electron chi connectivity index (χ3n) is 3.19. The van der Waals surface area contributed by atoms with E-state index >= 15 is 0 Å². The summed E-state index contributed by atoms with van der Waals surface area (Å²) in [6.45, 7) is 1.96. The molecule has 3 rings (SSSR count). The van der Waals surface area contributed by atoms with Crippen LogP contribution in [0.15, 0.2) is 28.9 Å². The van der Waals surface area contributed by atoms with Gasteiger partial charge < -0.3 is 18.6 Å². The van der Waals surface area contributed by atoms with Crippen LogP contribution in [0, 0.1) is 12.7 Å². The van der Waals surface area contributed by atoms with E-state index in [1.807, 2.05) is 0 Å². The minimum absolute atomic E-state index is 0.0798. The Morgan fingerprint density at radius 2 is 2.29 bits per heavy atom. The summed E-state index contributed by atoms with van der Waals surface area (Å²) in [6.07, 6.45) is 1.41. The number of ether oxygens (including phenoxy) is 3. The van der Waals surface area contributed by atoms with Gasteiger partial charge in [-0.3, -0.25) is 0 Å². The molecule has 0 aliphatic carbocycles. The Morgan fingerprint density at radius 3 is 3.05 bits per heavy atom.